The molecule has 20 heavy (non-hydrogen) atoms. The van der Waals surface area contributed by atoms with Gasteiger partial charge in [-0.3, -0.25) is 0 Å². The fourth-order valence-electron chi connectivity index (χ4n) is 2.13. The summed E-state index contributed by atoms with van der Waals surface area (Å²) in [6.07, 6.45) is -2.20. The molecule has 1 amide bonds. The van der Waals surface area contributed by atoms with Gasteiger partial charge in [-0.1, -0.05) is 27.7 Å². The second-order valence-electron chi connectivity index (χ2n) is 6.93. The third-order valence-electron chi connectivity index (χ3n) is 3.08. The van der Waals surface area contributed by atoms with E-state index in [1.807, 2.05) is 13.8 Å². The van der Waals surface area contributed by atoms with Crippen molar-refractivity contribution in [3.8, 4) is 0 Å². The Kier molecular flexibility index (Phi) is 6.02. The number of aliphatic hydroxyl groups is 1. The molecule has 0 aromatic carbocycles. The number of carboxylic acid groups (broad SMARTS) is 1. The molecule has 0 fully saturated rings. The summed E-state index contributed by atoms with van der Waals surface area (Å²) in [5.41, 5.74) is -1.67. The Bertz CT molecular complexity index is 357. The van der Waals surface area contributed by atoms with E-state index in [9.17, 15) is 14.7 Å². The lowest BCUT2D eigenvalue weighted by Crippen LogP contribution is -2.55. The molecule has 6 heteroatoms. The number of hydrogen-bond acceptors (Lipinski definition) is 4. The third kappa shape index (κ3) is 5.36. The minimum absolute atomic E-state index is 0.0634. The van der Waals surface area contributed by atoms with E-state index in [4.69, 9.17) is 9.84 Å². The highest BCUT2D eigenvalue weighted by molar-refractivity contribution is 5.73. The second-order valence-corrected chi connectivity index (χ2v) is 6.93. The lowest BCUT2D eigenvalue weighted by Gasteiger charge is -2.39. The standard InChI is InChI=1S/C14H27NO5/c1-8(2)9(14(6,7)10(16)11(17)18)15-12(19)20-13(3,4)5/h8-10,16H,1-7H3,(H,15,19)(H,17,18). The zero-order chi connectivity index (χ0) is 16.3. The number of rotatable bonds is 5. The van der Waals surface area contributed by atoms with Gasteiger partial charge in [0.1, 0.15) is 5.60 Å². The highest BCUT2D eigenvalue weighted by Gasteiger charge is 2.43. The van der Waals surface area contributed by atoms with Gasteiger partial charge in [0.05, 0.1) is 0 Å². The molecule has 0 spiro atoms. The monoisotopic (exact) mass is 289 g/mol. The summed E-state index contributed by atoms with van der Waals surface area (Å²) in [6.45, 7) is 12.1. The second kappa shape index (κ2) is 6.43. The highest BCUT2D eigenvalue weighted by Crippen LogP contribution is 2.30. The number of alkyl carbamates (subject to hydrolysis) is 1. The van der Waals surface area contributed by atoms with Crippen molar-refractivity contribution in [1.29, 1.82) is 0 Å². The van der Waals surface area contributed by atoms with Crippen molar-refractivity contribution in [3.05, 3.63) is 0 Å². The summed E-state index contributed by atoms with van der Waals surface area (Å²) in [5.74, 6) is -1.38. The first-order chi connectivity index (χ1) is 8.79. The number of aliphatic hydroxyl groups excluding tert-OH is 1. The van der Waals surface area contributed by atoms with Crippen molar-refractivity contribution >= 4 is 12.1 Å². The molecule has 2 unspecified atom stereocenters. The Hall–Kier alpha value is -1.30. The van der Waals surface area contributed by atoms with E-state index >= 15 is 0 Å². The van der Waals surface area contributed by atoms with Crippen LogP contribution < -0.4 is 5.32 Å². The van der Waals surface area contributed by atoms with Crippen molar-refractivity contribution in [2.45, 2.75) is 66.2 Å². The number of aliphatic carboxylic acids is 1. The summed E-state index contributed by atoms with van der Waals surface area (Å²) in [5, 5.41) is 21.5. The van der Waals surface area contributed by atoms with Crippen LogP contribution in [0.25, 0.3) is 0 Å². The molecule has 0 aliphatic carbocycles. The van der Waals surface area contributed by atoms with Crippen LogP contribution in [-0.2, 0) is 9.53 Å². The SMILES string of the molecule is CC(C)C(NC(=O)OC(C)(C)C)C(C)(C)C(O)C(=O)O. The molecule has 0 radical (unpaired) electrons. The molecule has 0 aliphatic rings. The normalized spacial score (nSPS) is 15.7. The van der Waals surface area contributed by atoms with Gasteiger partial charge >= 0.3 is 12.1 Å². The van der Waals surface area contributed by atoms with Crippen LogP contribution in [-0.4, -0.2) is 40.0 Å². The molecule has 0 rings (SSSR count). The van der Waals surface area contributed by atoms with E-state index in [1.165, 1.54) is 0 Å². The van der Waals surface area contributed by atoms with Gasteiger partial charge in [0.15, 0.2) is 6.10 Å². The zero-order valence-corrected chi connectivity index (χ0v) is 13.4. The topological polar surface area (TPSA) is 95.9 Å². The van der Waals surface area contributed by atoms with Crippen LogP contribution in [0.1, 0.15) is 48.5 Å². The van der Waals surface area contributed by atoms with Crippen molar-refractivity contribution in [2.24, 2.45) is 11.3 Å². The number of hydrogen-bond donors (Lipinski definition) is 3. The molecule has 0 heterocycles. The fraction of sp³-hybridized carbons (Fsp3) is 0.857. The lowest BCUT2D eigenvalue weighted by molar-refractivity contribution is -0.155. The van der Waals surface area contributed by atoms with E-state index in [0.717, 1.165) is 0 Å². The number of ether oxygens (including phenoxy) is 1. The van der Waals surface area contributed by atoms with Crippen LogP contribution in [0.3, 0.4) is 0 Å². The molecule has 0 saturated heterocycles. The van der Waals surface area contributed by atoms with E-state index in [0.29, 0.717) is 0 Å². The molecule has 0 aromatic heterocycles. The summed E-state index contributed by atoms with van der Waals surface area (Å²) in [4.78, 5) is 22.8. The number of carboxylic acids is 1. The number of carbonyl (C=O) groups excluding carboxylic acids is 1. The average Bonchev–Trinajstić information content (AvgIpc) is 2.21. The minimum atomic E-state index is -1.58. The Balaban J connectivity index is 5.08. The van der Waals surface area contributed by atoms with Crippen LogP contribution >= 0.6 is 0 Å². The Morgan fingerprint density at radius 1 is 1.10 bits per heavy atom. The Morgan fingerprint density at radius 3 is 1.85 bits per heavy atom. The molecule has 3 N–H and O–H groups in total. The van der Waals surface area contributed by atoms with E-state index in [-0.39, 0.29) is 5.92 Å². The maximum absolute atomic E-state index is 11.9. The molecule has 118 valence electrons. The molecule has 0 saturated carbocycles. The van der Waals surface area contributed by atoms with Gasteiger partial charge in [0.2, 0.25) is 0 Å². The first-order valence-electron chi connectivity index (χ1n) is 6.69. The van der Waals surface area contributed by atoms with E-state index < -0.39 is 35.2 Å². The van der Waals surface area contributed by atoms with Crippen LogP contribution in [0.5, 0.6) is 0 Å². The maximum Gasteiger partial charge on any atom is 0.407 e. The van der Waals surface area contributed by atoms with Crippen LogP contribution in [0.2, 0.25) is 0 Å². The fourth-order valence-corrected chi connectivity index (χ4v) is 2.13. The van der Waals surface area contributed by atoms with Crippen LogP contribution in [0.4, 0.5) is 4.79 Å². The molecule has 2 atom stereocenters. The first kappa shape index (κ1) is 18.7. The highest BCUT2D eigenvalue weighted by atomic mass is 16.6. The lowest BCUT2D eigenvalue weighted by atomic mass is 9.74. The molecular formula is C14H27NO5. The Morgan fingerprint density at radius 2 is 1.55 bits per heavy atom. The summed E-state index contributed by atoms with van der Waals surface area (Å²) < 4.78 is 5.17. The first-order valence-corrected chi connectivity index (χ1v) is 6.69. The molecule has 0 aromatic rings. The van der Waals surface area contributed by atoms with Gasteiger partial charge in [-0.15, -0.1) is 0 Å². The summed E-state index contributed by atoms with van der Waals surface area (Å²) in [6, 6.07) is -0.538. The largest absolute Gasteiger partial charge is 0.479 e. The van der Waals surface area contributed by atoms with Gasteiger partial charge in [-0.2, -0.15) is 0 Å². The minimum Gasteiger partial charge on any atom is -0.479 e. The molecule has 0 bridgehead atoms. The number of carbonyl (C=O) groups is 2. The van der Waals surface area contributed by atoms with Crippen molar-refractivity contribution in [1.82, 2.24) is 5.32 Å². The van der Waals surface area contributed by atoms with Gasteiger partial charge < -0.3 is 20.3 Å². The van der Waals surface area contributed by atoms with E-state index in [1.54, 1.807) is 34.6 Å². The van der Waals surface area contributed by atoms with Gasteiger partial charge in [-0.25, -0.2) is 9.59 Å². The van der Waals surface area contributed by atoms with Crippen LogP contribution in [0.15, 0.2) is 0 Å². The molecule has 6 nitrogen and oxygen atoms in total. The van der Waals surface area contributed by atoms with Crippen molar-refractivity contribution < 1.29 is 24.5 Å². The third-order valence-corrected chi connectivity index (χ3v) is 3.08. The average molecular weight is 289 g/mol. The summed E-state index contributed by atoms with van der Waals surface area (Å²) in [7, 11) is 0. The zero-order valence-electron chi connectivity index (χ0n) is 13.4. The summed E-state index contributed by atoms with van der Waals surface area (Å²) >= 11 is 0. The van der Waals surface area contributed by atoms with Crippen LogP contribution in [0, 0.1) is 11.3 Å². The molecular weight excluding hydrogens is 262 g/mol. The Labute approximate surface area is 120 Å². The quantitative estimate of drug-likeness (QED) is 0.719. The smallest absolute Gasteiger partial charge is 0.407 e. The predicted octanol–water partition coefficient (Wildman–Crippen LogP) is 2.01. The van der Waals surface area contributed by atoms with Gasteiger partial charge in [0.25, 0.3) is 0 Å². The maximum atomic E-state index is 11.9. The van der Waals surface area contributed by atoms with Gasteiger partial charge in [0, 0.05) is 11.5 Å². The van der Waals surface area contributed by atoms with Crippen molar-refractivity contribution in [2.75, 3.05) is 0 Å². The van der Waals surface area contributed by atoms with E-state index in [2.05, 4.69) is 5.32 Å². The number of amides is 1. The molecule has 0 aliphatic heterocycles. The van der Waals surface area contributed by atoms with Gasteiger partial charge in [-0.05, 0) is 26.7 Å². The van der Waals surface area contributed by atoms with Crippen molar-refractivity contribution in [3.63, 3.8) is 0 Å². The predicted molar refractivity (Wildman–Crippen MR) is 75.4 cm³/mol. The number of nitrogens with one attached hydrogen (secondary N) is 1.